The third-order valence-corrected chi connectivity index (χ3v) is 5.04. The van der Waals surface area contributed by atoms with E-state index in [0.717, 1.165) is 11.3 Å². The summed E-state index contributed by atoms with van der Waals surface area (Å²) in [4.78, 5) is 0. The van der Waals surface area contributed by atoms with Gasteiger partial charge in [-0.05, 0) is 29.6 Å². The summed E-state index contributed by atoms with van der Waals surface area (Å²) in [6.45, 7) is 4.90. The van der Waals surface area contributed by atoms with E-state index in [0.29, 0.717) is 5.41 Å². The molecule has 0 aromatic carbocycles. The molecule has 0 aromatic rings. The van der Waals surface area contributed by atoms with Gasteiger partial charge in [0.05, 0.1) is 0 Å². The van der Waals surface area contributed by atoms with Gasteiger partial charge in [0.15, 0.2) is 0 Å². The summed E-state index contributed by atoms with van der Waals surface area (Å²) in [7, 11) is 0. The molecular formula is C10H17Br. The first-order valence-corrected chi connectivity index (χ1v) is 5.83. The fourth-order valence-electron chi connectivity index (χ4n) is 3.40. The molecule has 0 saturated heterocycles. The van der Waals surface area contributed by atoms with Crippen LogP contribution in [-0.4, -0.2) is 5.33 Å². The molecule has 1 spiro atoms. The molecule has 2 rings (SSSR count). The topological polar surface area (TPSA) is 0 Å². The molecule has 0 aliphatic heterocycles. The van der Waals surface area contributed by atoms with Crippen molar-refractivity contribution >= 4 is 15.9 Å². The van der Waals surface area contributed by atoms with Crippen molar-refractivity contribution in [2.45, 2.75) is 39.5 Å². The fraction of sp³-hybridized carbons (Fsp3) is 1.00. The Balaban J connectivity index is 2.17. The minimum Gasteiger partial charge on any atom is -0.0925 e. The monoisotopic (exact) mass is 216 g/mol. The molecule has 0 N–H and O–H groups in total. The Morgan fingerprint density at radius 2 is 1.82 bits per heavy atom. The van der Waals surface area contributed by atoms with Crippen molar-refractivity contribution in [2.75, 3.05) is 5.33 Å². The van der Waals surface area contributed by atoms with Gasteiger partial charge in [0, 0.05) is 5.33 Å². The van der Waals surface area contributed by atoms with Crippen LogP contribution >= 0.6 is 15.9 Å². The third-order valence-electron chi connectivity index (χ3n) is 4.39. The van der Waals surface area contributed by atoms with Crippen LogP contribution in [0.1, 0.15) is 39.5 Å². The minimum absolute atomic E-state index is 0.646. The van der Waals surface area contributed by atoms with Crippen LogP contribution in [0.5, 0.6) is 0 Å². The van der Waals surface area contributed by atoms with Gasteiger partial charge in [-0.15, -0.1) is 0 Å². The largest absolute Gasteiger partial charge is 0.0925 e. The van der Waals surface area contributed by atoms with E-state index in [4.69, 9.17) is 0 Å². The van der Waals surface area contributed by atoms with E-state index in [1.165, 1.54) is 31.0 Å². The van der Waals surface area contributed by atoms with Crippen LogP contribution in [0, 0.1) is 16.7 Å². The molecule has 0 amide bonds. The average molecular weight is 217 g/mol. The Morgan fingerprint density at radius 1 is 1.27 bits per heavy atom. The zero-order valence-electron chi connectivity index (χ0n) is 7.49. The number of alkyl halides is 1. The molecular weight excluding hydrogens is 200 g/mol. The van der Waals surface area contributed by atoms with Gasteiger partial charge in [-0.2, -0.15) is 0 Å². The maximum Gasteiger partial charge on any atom is 0.00704 e. The molecule has 0 bridgehead atoms. The quantitative estimate of drug-likeness (QED) is 0.588. The van der Waals surface area contributed by atoms with E-state index < -0.39 is 0 Å². The van der Waals surface area contributed by atoms with Crippen molar-refractivity contribution in [2.24, 2.45) is 16.7 Å². The molecule has 2 saturated carbocycles. The standard InChI is InChI=1S/C10H17Br/c1-9(2)8(7-11)10(9)5-3-4-6-10/h8H,3-7H2,1-2H3. The molecule has 2 aliphatic carbocycles. The van der Waals surface area contributed by atoms with Crippen LogP contribution in [0.15, 0.2) is 0 Å². The maximum absolute atomic E-state index is 3.64. The summed E-state index contributed by atoms with van der Waals surface area (Å²) in [6.07, 6.45) is 5.95. The summed E-state index contributed by atoms with van der Waals surface area (Å²) in [5.74, 6) is 0.970. The van der Waals surface area contributed by atoms with Gasteiger partial charge in [-0.1, -0.05) is 42.6 Å². The van der Waals surface area contributed by atoms with Crippen LogP contribution < -0.4 is 0 Å². The lowest BCUT2D eigenvalue weighted by molar-refractivity contribution is 0.392. The molecule has 0 nitrogen and oxygen atoms in total. The Labute approximate surface area is 77.9 Å². The molecule has 1 heteroatoms. The summed E-state index contributed by atoms with van der Waals surface area (Å²) < 4.78 is 0. The van der Waals surface area contributed by atoms with Crippen LogP contribution in [0.2, 0.25) is 0 Å². The van der Waals surface area contributed by atoms with Gasteiger partial charge < -0.3 is 0 Å². The van der Waals surface area contributed by atoms with Crippen LogP contribution in [-0.2, 0) is 0 Å². The molecule has 2 aliphatic rings. The first-order valence-electron chi connectivity index (χ1n) is 4.71. The predicted octanol–water partition coefficient (Wildman–Crippen LogP) is 3.60. The second-order valence-electron chi connectivity index (χ2n) is 4.79. The maximum atomic E-state index is 3.64. The van der Waals surface area contributed by atoms with Crippen LogP contribution in [0.25, 0.3) is 0 Å². The number of halogens is 1. The van der Waals surface area contributed by atoms with Crippen LogP contribution in [0.4, 0.5) is 0 Å². The van der Waals surface area contributed by atoms with E-state index in [2.05, 4.69) is 29.8 Å². The van der Waals surface area contributed by atoms with Gasteiger partial charge in [0.2, 0.25) is 0 Å². The molecule has 64 valence electrons. The second kappa shape index (κ2) is 2.25. The zero-order valence-corrected chi connectivity index (χ0v) is 9.08. The van der Waals surface area contributed by atoms with E-state index in [-0.39, 0.29) is 0 Å². The summed E-state index contributed by atoms with van der Waals surface area (Å²) >= 11 is 3.64. The van der Waals surface area contributed by atoms with Crippen molar-refractivity contribution in [3.63, 3.8) is 0 Å². The number of hydrogen-bond donors (Lipinski definition) is 0. The van der Waals surface area contributed by atoms with Gasteiger partial charge in [0.1, 0.15) is 0 Å². The van der Waals surface area contributed by atoms with Crippen molar-refractivity contribution in [3.05, 3.63) is 0 Å². The van der Waals surface area contributed by atoms with Crippen molar-refractivity contribution in [1.29, 1.82) is 0 Å². The second-order valence-corrected chi connectivity index (χ2v) is 5.44. The SMILES string of the molecule is CC1(C)C(CBr)C12CCCC2. The van der Waals surface area contributed by atoms with Gasteiger partial charge in [-0.25, -0.2) is 0 Å². The molecule has 11 heavy (non-hydrogen) atoms. The molecule has 0 aromatic heterocycles. The smallest absolute Gasteiger partial charge is 0.00704 e. The van der Waals surface area contributed by atoms with E-state index in [9.17, 15) is 0 Å². The Hall–Kier alpha value is 0.480. The lowest BCUT2D eigenvalue weighted by atomic mass is 9.94. The van der Waals surface area contributed by atoms with Gasteiger partial charge in [0.25, 0.3) is 0 Å². The highest BCUT2D eigenvalue weighted by atomic mass is 79.9. The lowest BCUT2D eigenvalue weighted by Crippen LogP contribution is -2.02. The van der Waals surface area contributed by atoms with Crippen LogP contribution in [0.3, 0.4) is 0 Å². The molecule has 1 unspecified atom stereocenters. The van der Waals surface area contributed by atoms with Crippen molar-refractivity contribution < 1.29 is 0 Å². The zero-order chi connectivity index (χ0) is 8.11. The first kappa shape index (κ1) is 8.10. The normalized spacial score (nSPS) is 37.9. The van der Waals surface area contributed by atoms with Gasteiger partial charge >= 0.3 is 0 Å². The van der Waals surface area contributed by atoms with Gasteiger partial charge in [-0.3, -0.25) is 0 Å². The molecule has 0 radical (unpaired) electrons. The van der Waals surface area contributed by atoms with E-state index in [1.54, 1.807) is 0 Å². The lowest BCUT2D eigenvalue weighted by Gasteiger charge is -2.10. The highest BCUT2D eigenvalue weighted by molar-refractivity contribution is 9.09. The number of hydrogen-bond acceptors (Lipinski definition) is 0. The van der Waals surface area contributed by atoms with Crippen molar-refractivity contribution in [1.82, 2.24) is 0 Å². The highest BCUT2D eigenvalue weighted by Gasteiger charge is 2.69. The molecule has 2 fully saturated rings. The Bertz CT molecular complexity index is 166. The van der Waals surface area contributed by atoms with E-state index in [1.807, 2.05) is 0 Å². The Kier molecular flexibility index (Phi) is 1.65. The summed E-state index contributed by atoms with van der Waals surface area (Å²) in [6, 6.07) is 0. The third kappa shape index (κ3) is 0.811. The highest BCUT2D eigenvalue weighted by Crippen LogP contribution is 2.75. The van der Waals surface area contributed by atoms with Crippen molar-refractivity contribution in [3.8, 4) is 0 Å². The summed E-state index contributed by atoms with van der Waals surface area (Å²) in [5, 5.41) is 1.22. The predicted molar refractivity (Wildman–Crippen MR) is 52.0 cm³/mol. The molecule has 0 heterocycles. The Morgan fingerprint density at radius 3 is 2.18 bits per heavy atom. The molecule has 1 atom stereocenters. The first-order chi connectivity index (χ1) is 5.15. The summed E-state index contributed by atoms with van der Waals surface area (Å²) in [5.41, 5.74) is 1.41. The minimum atomic E-state index is 0.646. The van der Waals surface area contributed by atoms with E-state index >= 15 is 0 Å². The fourth-order valence-corrected chi connectivity index (χ4v) is 4.83. The average Bonchev–Trinajstić information content (AvgIpc) is 2.36. The number of rotatable bonds is 1.